The van der Waals surface area contributed by atoms with Crippen molar-refractivity contribution in [2.24, 2.45) is 0 Å². The van der Waals surface area contributed by atoms with Gasteiger partial charge in [0.25, 0.3) is 0 Å². The number of benzene rings is 3. The Kier molecular flexibility index (Phi) is 10.2. The number of aromatic nitrogens is 1. The highest BCUT2D eigenvalue weighted by Gasteiger charge is 2.31. The summed E-state index contributed by atoms with van der Waals surface area (Å²) >= 11 is 0. The van der Waals surface area contributed by atoms with E-state index in [2.05, 4.69) is 11.9 Å². The Morgan fingerprint density at radius 3 is 2.48 bits per heavy atom. The fourth-order valence-corrected chi connectivity index (χ4v) is 7.09. The van der Waals surface area contributed by atoms with Gasteiger partial charge in [0.1, 0.15) is 11.5 Å². The predicted molar refractivity (Wildman–Crippen MR) is 169 cm³/mol. The molecule has 44 heavy (non-hydrogen) atoms. The topological polar surface area (TPSA) is 110 Å². The van der Waals surface area contributed by atoms with Gasteiger partial charge in [0.05, 0.1) is 17.2 Å². The van der Waals surface area contributed by atoms with Crippen LogP contribution in [0.5, 0.6) is 5.75 Å². The first kappa shape index (κ1) is 31.5. The number of nitrogens with zero attached hydrogens (tertiary/aromatic N) is 2. The molecule has 0 spiro atoms. The van der Waals surface area contributed by atoms with E-state index in [1.54, 1.807) is 12.1 Å². The molecule has 8 nitrogen and oxygen atoms in total. The highest BCUT2D eigenvalue weighted by atomic mass is 32.2. The second-order valence-corrected chi connectivity index (χ2v) is 13.2. The molecule has 1 aromatic heterocycles. The van der Waals surface area contributed by atoms with Gasteiger partial charge in [-0.25, -0.2) is 13.4 Å². The Morgan fingerprint density at radius 1 is 0.977 bits per heavy atom. The van der Waals surface area contributed by atoms with Crippen molar-refractivity contribution in [1.29, 1.82) is 0 Å². The molecule has 0 saturated carbocycles. The minimum atomic E-state index is -3.73. The Bertz CT molecular complexity index is 1680. The lowest BCUT2D eigenvalue weighted by Crippen LogP contribution is -2.36. The van der Waals surface area contributed by atoms with E-state index in [4.69, 9.17) is 9.15 Å². The highest BCUT2D eigenvalue weighted by molar-refractivity contribution is 7.89. The van der Waals surface area contributed by atoms with Crippen molar-refractivity contribution in [3.05, 3.63) is 100 Å². The monoisotopic (exact) mass is 616 g/mol. The van der Waals surface area contributed by atoms with Crippen molar-refractivity contribution in [3.8, 4) is 17.2 Å². The molecular weight excluding hydrogens is 576 g/mol. The highest BCUT2D eigenvalue weighted by Crippen LogP contribution is 2.34. The van der Waals surface area contributed by atoms with Crippen LogP contribution in [0.25, 0.3) is 11.5 Å². The first-order chi connectivity index (χ1) is 21.3. The van der Waals surface area contributed by atoms with Crippen molar-refractivity contribution in [2.45, 2.75) is 76.7 Å². The standard InChI is InChI=1S/C35H40N2O6S/c1-3-4-6-9-26-12-16-29(17-13-26)44(40,41)37-22-20-30-31(24-37)27(15-19-34(38)39)14-18-33(30)42-23-21-32-25(2)43-35(36-32)28-10-7-5-8-11-28/h5,7-8,10-14,16-18H,3-4,6,9,15,19-24H2,1-2H3,(H,38,39). The van der Waals surface area contributed by atoms with E-state index in [0.717, 1.165) is 65.0 Å². The first-order valence-corrected chi connectivity index (χ1v) is 16.8. The molecule has 0 atom stereocenters. The van der Waals surface area contributed by atoms with E-state index in [0.29, 0.717) is 44.1 Å². The minimum Gasteiger partial charge on any atom is -0.493 e. The molecule has 232 valence electrons. The van der Waals surface area contributed by atoms with Gasteiger partial charge in [-0.3, -0.25) is 4.79 Å². The third kappa shape index (κ3) is 7.39. The van der Waals surface area contributed by atoms with Crippen molar-refractivity contribution in [1.82, 2.24) is 9.29 Å². The van der Waals surface area contributed by atoms with Gasteiger partial charge in [-0.15, -0.1) is 0 Å². The second-order valence-electron chi connectivity index (χ2n) is 11.2. The number of ether oxygens (including phenoxy) is 1. The minimum absolute atomic E-state index is 0.0337. The molecule has 1 N–H and O–H groups in total. The number of hydrogen-bond acceptors (Lipinski definition) is 6. The molecule has 4 aromatic rings. The zero-order valence-electron chi connectivity index (χ0n) is 25.4. The van der Waals surface area contributed by atoms with Gasteiger partial charge in [-0.05, 0) is 79.6 Å². The second kappa shape index (κ2) is 14.2. The average Bonchev–Trinajstić information content (AvgIpc) is 3.41. The normalized spacial score (nSPS) is 13.5. The number of fused-ring (bicyclic) bond motifs is 1. The van der Waals surface area contributed by atoms with Crippen LogP contribution in [-0.4, -0.2) is 41.9 Å². The zero-order chi connectivity index (χ0) is 31.1. The van der Waals surface area contributed by atoms with Gasteiger partial charge >= 0.3 is 5.97 Å². The molecule has 3 aromatic carbocycles. The average molecular weight is 617 g/mol. The van der Waals surface area contributed by atoms with Gasteiger partial charge in [0.15, 0.2) is 0 Å². The van der Waals surface area contributed by atoms with Crippen LogP contribution in [0, 0.1) is 6.92 Å². The van der Waals surface area contributed by atoms with Crippen LogP contribution in [0.4, 0.5) is 0 Å². The van der Waals surface area contributed by atoms with E-state index in [-0.39, 0.29) is 17.9 Å². The number of carboxylic acids is 1. The van der Waals surface area contributed by atoms with Crippen LogP contribution in [-0.2, 0) is 47.0 Å². The molecule has 0 unspecified atom stereocenters. The zero-order valence-corrected chi connectivity index (χ0v) is 26.2. The lowest BCUT2D eigenvalue weighted by Gasteiger charge is -2.31. The number of carboxylic acid groups (broad SMARTS) is 1. The van der Waals surface area contributed by atoms with Gasteiger partial charge in [-0.2, -0.15) is 4.31 Å². The third-order valence-corrected chi connectivity index (χ3v) is 10.0. The fourth-order valence-electron chi connectivity index (χ4n) is 5.68. The van der Waals surface area contributed by atoms with Crippen LogP contribution in [0.2, 0.25) is 0 Å². The molecule has 1 aliphatic rings. The van der Waals surface area contributed by atoms with E-state index >= 15 is 0 Å². The molecule has 5 rings (SSSR count). The summed E-state index contributed by atoms with van der Waals surface area (Å²) in [5.74, 6) is 1.12. The van der Waals surface area contributed by atoms with Gasteiger partial charge in [-0.1, -0.05) is 56.2 Å². The van der Waals surface area contributed by atoms with Crippen LogP contribution < -0.4 is 4.74 Å². The van der Waals surface area contributed by atoms with Crippen LogP contribution >= 0.6 is 0 Å². The summed E-state index contributed by atoms with van der Waals surface area (Å²) < 4.78 is 41.0. The van der Waals surface area contributed by atoms with Gasteiger partial charge in [0.2, 0.25) is 15.9 Å². The molecule has 0 aliphatic carbocycles. The number of aliphatic carboxylic acids is 1. The molecule has 0 fully saturated rings. The van der Waals surface area contributed by atoms with Crippen molar-refractivity contribution in [2.75, 3.05) is 13.2 Å². The number of unbranched alkanes of at least 4 members (excludes halogenated alkanes) is 2. The number of hydrogen-bond donors (Lipinski definition) is 1. The Hall–Kier alpha value is -3.95. The van der Waals surface area contributed by atoms with E-state index in [1.807, 2.05) is 61.5 Å². The van der Waals surface area contributed by atoms with Crippen molar-refractivity contribution in [3.63, 3.8) is 0 Å². The molecule has 1 aliphatic heterocycles. The Balaban J connectivity index is 1.32. The van der Waals surface area contributed by atoms with Gasteiger partial charge < -0.3 is 14.3 Å². The fraction of sp³-hybridized carbons (Fsp3) is 0.371. The summed E-state index contributed by atoms with van der Waals surface area (Å²) in [6, 6.07) is 20.7. The van der Waals surface area contributed by atoms with E-state index in [9.17, 15) is 18.3 Å². The van der Waals surface area contributed by atoms with Crippen molar-refractivity contribution >= 4 is 16.0 Å². The summed E-state index contributed by atoms with van der Waals surface area (Å²) in [6.45, 7) is 4.91. The lowest BCUT2D eigenvalue weighted by atomic mass is 9.92. The van der Waals surface area contributed by atoms with Gasteiger partial charge in [0, 0.05) is 37.1 Å². The van der Waals surface area contributed by atoms with Crippen molar-refractivity contribution < 1.29 is 27.5 Å². The first-order valence-electron chi connectivity index (χ1n) is 15.3. The van der Waals surface area contributed by atoms with Crippen LogP contribution in [0.1, 0.15) is 66.3 Å². The summed E-state index contributed by atoms with van der Waals surface area (Å²) in [7, 11) is -3.73. The maximum absolute atomic E-state index is 13.7. The molecule has 0 bridgehead atoms. The number of oxazole rings is 1. The molecule has 0 amide bonds. The van der Waals surface area contributed by atoms with E-state index in [1.165, 1.54) is 4.31 Å². The SMILES string of the molecule is CCCCCc1ccc(S(=O)(=O)N2CCc3c(OCCc4nc(-c5ccccc5)oc4C)ccc(CCC(=O)O)c3C2)cc1. The Morgan fingerprint density at radius 2 is 1.75 bits per heavy atom. The maximum atomic E-state index is 13.7. The number of carbonyl (C=O) groups is 1. The third-order valence-electron chi connectivity index (χ3n) is 8.18. The Labute approximate surface area is 259 Å². The predicted octanol–water partition coefficient (Wildman–Crippen LogP) is 6.77. The van der Waals surface area contributed by atoms with E-state index < -0.39 is 16.0 Å². The summed E-state index contributed by atoms with van der Waals surface area (Å²) in [6.07, 6.45) is 5.62. The molecular formula is C35H40N2O6S. The molecule has 0 saturated heterocycles. The largest absolute Gasteiger partial charge is 0.493 e. The number of rotatable bonds is 14. The molecule has 9 heteroatoms. The number of sulfonamides is 1. The lowest BCUT2D eigenvalue weighted by molar-refractivity contribution is -0.136. The summed E-state index contributed by atoms with van der Waals surface area (Å²) in [5, 5.41) is 9.33. The maximum Gasteiger partial charge on any atom is 0.303 e. The molecule has 0 radical (unpaired) electrons. The van der Waals surface area contributed by atoms with Crippen LogP contribution in [0.15, 0.2) is 76.0 Å². The van der Waals surface area contributed by atoms with Crippen LogP contribution in [0.3, 0.4) is 0 Å². The smallest absolute Gasteiger partial charge is 0.303 e. The molecule has 2 heterocycles. The summed E-state index contributed by atoms with van der Waals surface area (Å²) in [4.78, 5) is 16.3. The number of aryl methyl sites for hydroxylation is 3. The summed E-state index contributed by atoms with van der Waals surface area (Å²) in [5.41, 5.74) is 5.48. The quantitative estimate of drug-likeness (QED) is 0.156.